The van der Waals surface area contributed by atoms with E-state index >= 15 is 0 Å². The van der Waals surface area contributed by atoms with Crippen molar-refractivity contribution in [1.29, 1.82) is 0 Å². The first-order chi connectivity index (χ1) is 14.1. The van der Waals surface area contributed by atoms with Gasteiger partial charge in [0, 0.05) is 44.5 Å². The Labute approximate surface area is 172 Å². The number of aliphatic imine (C=N–C) groups is 1. The Kier molecular flexibility index (Phi) is 7.43. The molecule has 7 heteroatoms. The van der Waals surface area contributed by atoms with Gasteiger partial charge >= 0.3 is 0 Å². The second kappa shape index (κ2) is 10.2. The van der Waals surface area contributed by atoms with Gasteiger partial charge in [0.05, 0.1) is 18.8 Å². The van der Waals surface area contributed by atoms with Gasteiger partial charge < -0.3 is 25.6 Å². The van der Waals surface area contributed by atoms with Crippen LogP contribution in [-0.2, 0) is 17.9 Å². The highest BCUT2D eigenvalue weighted by molar-refractivity contribution is 5.92. The highest BCUT2D eigenvalue weighted by atomic mass is 19.1. The summed E-state index contributed by atoms with van der Waals surface area (Å²) in [5.74, 6) is 0.0772. The molecule has 29 heavy (non-hydrogen) atoms. The van der Waals surface area contributed by atoms with E-state index in [2.05, 4.69) is 27.0 Å². The average Bonchev–Trinajstić information content (AvgIpc) is 2.74. The number of nitrogens with zero attached hydrogens (tertiary/aromatic N) is 3. The van der Waals surface area contributed by atoms with Crippen molar-refractivity contribution in [3.8, 4) is 0 Å². The lowest BCUT2D eigenvalue weighted by atomic mass is 10.1. The standard InChI is InChI=1S/C22H30FN5O/c1-3-27-10-12-28(13-11-27)21-9-8-17(14-19(21)23)15-25-22(24)26-20-7-5-4-6-18(20)16-29-2/h4-9,14H,3,10-13,15-16H2,1-2H3,(H3,24,25,26). The van der Waals surface area contributed by atoms with Gasteiger partial charge in [0.2, 0.25) is 0 Å². The van der Waals surface area contributed by atoms with Crippen molar-refractivity contribution in [3.63, 3.8) is 0 Å². The fourth-order valence-corrected chi connectivity index (χ4v) is 3.49. The molecule has 0 atom stereocenters. The van der Waals surface area contributed by atoms with Gasteiger partial charge in [-0.2, -0.15) is 0 Å². The van der Waals surface area contributed by atoms with Crippen molar-refractivity contribution in [2.45, 2.75) is 20.1 Å². The van der Waals surface area contributed by atoms with Crippen LogP contribution in [0.4, 0.5) is 15.8 Å². The van der Waals surface area contributed by atoms with Crippen LogP contribution >= 0.6 is 0 Å². The van der Waals surface area contributed by atoms with Crippen LogP contribution < -0.4 is 16.0 Å². The molecule has 1 saturated heterocycles. The number of nitrogens with one attached hydrogen (secondary N) is 1. The quantitative estimate of drug-likeness (QED) is 0.553. The van der Waals surface area contributed by atoms with Gasteiger partial charge in [-0.1, -0.05) is 31.2 Å². The average molecular weight is 400 g/mol. The molecular formula is C22H30FN5O. The first kappa shape index (κ1) is 21.1. The summed E-state index contributed by atoms with van der Waals surface area (Å²) in [6, 6.07) is 13.1. The maximum atomic E-state index is 14.7. The van der Waals surface area contributed by atoms with E-state index in [4.69, 9.17) is 10.5 Å². The zero-order valence-electron chi connectivity index (χ0n) is 17.2. The molecule has 2 aromatic carbocycles. The third kappa shape index (κ3) is 5.68. The van der Waals surface area contributed by atoms with Crippen LogP contribution in [-0.4, -0.2) is 50.7 Å². The van der Waals surface area contributed by atoms with Crippen LogP contribution in [0.25, 0.3) is 0 Å². The number of hydrogen-bond donors (Lipinski definition) is 2. The van der Waals surface area contributed by atoms with Crippen LogP contribution in [0, 0.1) is 5.82 Å². The number of ether oxygens (including phenoxy) is 1. The smallest absolute Gasteiger partial charge is 0.193 e. The van der Waals surface area contributed by atoms with Crippen molar-refractivity contribution in [2.24, 2.45) is 10.7 Å². The number of methoxy groups -OCH3 is 1. The summed E-state index contributed by atoms with van der Waals surface area (Å²) in [5, 5.41) is 3.09. The molecule has 1 aliphatic rings. The first-order valence-electron chi connectivity index (χ1n) is 10.00. The number of guanidine groups is 1. The van der Waals surface area contributed by atoms with Crippen LogP contribution in [0.1, 0.15) is 18.1 Å². The minimum atomic E-state index is -0.209. The van der Waals surface area contributed by atoms with Crippen LogP contribution in [0.5, 0.6) is 0 Å². The van der Waals surface area contributed by atoms with Gasteiger partial charge in [0.15, 0.2) is 5.96 Å². The summed E-state index contributed by atoms with van der Waals surface area (Å²) in [5.41, 5.74) is 9.31. The fourth-order valence-electron chi connectivity index (χ4n) is 3.49. The minimum absolute atomic E-state index is 0.209. The van der Waals surface area contributed by atoms with Crippen LogP contribution in [0.15, 0.2) is 47.5 Å². The minimum Gasteiger partial charge on any atom is -0.380 e. The fraction of sp³-hybridized carbons (Fsp3) is 0.409. The third-order valence-electron chi connectivity index (χ3n) is 5.18. The lowest BCUT2D eigenvalue weighted by Gasteiger charge is -2.35. The molecule has 0 aromatic heterocycles. The third-order valence-corrected chi connectivity index (χ3v) is 5.18. The molecule has 0 unspecified atom stereocenters. The predicted molar refractivity (Wildman–Crippen MR) is 117 cm³/mol. The summed E-state index contributed by atoms with van der Waals surface area (Å²) in [6.45, 7) is 7.62. The van der Waals surface area contributed by atoms with Gasteiger partial charge in [0.1, 0.15) is 5.82 Å². The van der Waals surface area contributed by atoms with Gasteiger partial charge in [-0.3, -0.25) is 0 Å². The van der Waals surface area contributed by atoms with Crippen molar-refractivity contribution in [2.75, 3.05) is 50.1 Å². The SMILES string of the molecule is CCN1CCN(c2ccc(CN=C(N)Nc3ccccc3COC)cc2F)CC1. The highest BCUT2D eigenvalue weighted by Crippen LogP contribution is 2.22. The number of piperazine rings is 1. The lowest BCUT2D eigenvalue weighted by molar-refractivity contribution is 0.185. The molecule has 1 heterocycles. The van der Waals surface area contributed by atoms with E-state index in [-0.39, 0.29) is 11.8 Å². The molecule has 3 rings (SSSR count). The largest absolute Gasteiger partial charge is 0.380 e. The van der Waals surface area contributed by atoms with E-state index in [1.54, 1.807) is 13.2 Å². The molecule has 0 radical (unpaired) electrons. The van der Waals surface area contributed by atoms with E-state index in [1.807, 2.05) is 36.4 Å². The van der Waals surface area contributed by atoms with Crippen molar-refractivity contribution < 1.29 is 9.13 Å². The molecule has 3 N–H and O–H groups in total. The summed E-state index contributed by atoms with van der Waals surface area (Å²) >= 11 is 0. The normalized spacial score (nSPS) is 15.6. The van der Waals surface area contributed by atoms with Gasteiger partial charge in [-0.25, -0.2) is 9.38 Å². The molecule has 0 spiro atoms. The van der Waals surface area contributed by atoms with Gasteiger partial charge in [0.25, 0.3) is 0 Å². The first-order valence-corrected chi connectivity index (χ1v) is 10.00. The number of anilines is 2. The molecular weight excluding hydrogens is 369 g/mol. The van der Waals surface area contributed by atoms with Gasteiger partial charge in [-0.05, 0) is 30.3 Å². The molecule has 0 saturated carbocycles. The van der Waals surface area contributed by atoms with Crippen molar-refractivity contribution in [1.82, 2.24) is 4.90 Å². The van der Waals surface area contributed by atoms with E-state index < -0.39 is 0 Å². The summed E-state index contributed by atoms with van der Waals surface area (Å²) in [6.07, 6.45) is 0. The Morgan fingerprint density at radius 3 is 2.62 bits per heavy atom. The molecule has 6 nitrogen and oxygen atoms in total. The number of likely N-dealkylation sites (N-methyl/N-ethyl adjacent to an activating group) is 1. The van der Waals surface area contributed by atoms with E-state index in [9.17, 15) is 4.39 Å². The molecule has 0 aliphatic carbocycles. The summed E-state index contributed by atoms with van der Waals surface area (Å²) in [7, 11) is 1.65. The molecule has 0 amide bonds. The topological polar surface area (TPSA) is 66.1 Å². The number of para-hydroxylation sites is 1. The molecule has 1 fully saturated rings. The molecule has 156 valence electrons. The molecule has 1 aliphatic heterocycles. The predicted octanol–water partition coefficient (Wildman–Crippen LogP) is 3.04. The van der Waals surface area contributed by atoms with Crippen LogP contribution in [0.3, 0.4) is 0 Å². The lowest BCUT2D eigenvalue weighted by Crippen LogP contribution is -2.46. The highest BCUT2D eigenvalue weighted by Gasteiger charge is 2.18. The maximum Gasteiger partial charge on any atom is 0.193 e. The maximum absolute atomic E-state index is 14.7. The Hall–Kier alpha value is -2.64. The van der Waals surface area contributed by atoms with E-state index in [0.717, 1.165) is 49.5 Å². The summed E-state index contributed by atoms with van der Waals surface area (Å²) < 4.78 is 19.9. The number of nitrogens with two attached hydrogens (primary N) is 1. The zero-order chi connectivity index (χ0) is 20.6. The Bertz CT molecular complexity index is 834. The second-order valence-corrected chi connectivity index (χ2v) is 7.12. The second-order valence-electron chi connectivity index (χ2n) is 7.12. The molecule has 0 bridgehead atoms. The number of halogens is 1. The summed E-state index contributed by atoms with van der Waals surface area (Å²) in [4.78, 5) is 8.83. The zero-order valence-corrected chi connectivity index (χ0v) is 17.2. The monoisotopic (exact) mass is 399 g/mol. The van der Waals surface area contributed by atoms with E-state index in [0.29, 0.717) is 18.8 Å². The van der Waals surface area contributed by atoms with Crippen molar-refractivity contribution in [3.05, 3.63) is 59.4 Å². The Morgan fingerprint density at radius 2 is 1.93 bits per heavy atom. The number of rotatable bonds is 7. The molecule has 2 aromatic rings. The van der Waals surface area contributed by atoms with Crippen molar-refractivity contribution >= 4 is 17.3 Å². The van der Waals surface area contributed by atoms with Gasteiger partial charge in [-0.15, -0.1) is 0 Å². The number of hydrogen-bond acceptors (Lipinski definition) is 4. The number of benzene rings is 2. The Balaban J connectivity index is 1.61. The van der Waals surface area contributed by atoms with Crippen LogP contribution in [0.2, 0.25) is 0 Å². The van der Waals surface area contributed by atoms with E-state index in [1.165, 1.54) is 0 Å². The Morgan fingerprint density at radius 1 is 1.17 bits per heavy atom.